The lowest BCUT2D eigenvalue weighted by atomic mass is 9.96. The van der Waals surface area contributed by atoms with Gasteiger partial charge < -0.3 is 10.4 Å². The van der Waals surface area contributed by atoms with Crippen molar-refractivity contribution >= 4 is 39.1 Å². The van der Waals surface area contributed by atoms with Crippen LogP contribution in [0, 0.1) is 10.1 Å². The number of rotatable bonds is 3. The van der Waals surface area contributed by atoms with E-state index in [4.69, 9.17) is 0 Å². The average Bonchev–Trinajstić information content (AvgIpc) is 2.90. The SMILES string of the molecule is O=C1N[C@H](c2ccc(Br)cc2)/C(=C(\O)c2ccc([N+](=O)[O-])cc2)C1=O. The number of carbonyl (C=O) groups is 2. The van der Waals surface area contributed by atoms with Crippen molar-refractivity contribution in [3.8, 4) is 0 Å². The van der Waals surface area contributed by atoms with Crippen LogP contribution in [-0.4, -0.2) is 21.7 Å². The summed E-state index contributed by atoms with van der Waals surface area (Å²) in [6.45, 7) is 0. The fourth-order valence-corrected chi connectivity index (χ4v) is 2.83. The van der Waals surface area contributed by atoms with Crippen molar-refractivity contribution < 1.29 is 19.6 Å². The van der Waals surface area contributed by atoms with Crippen LogP contribution >= 0.6 is 15.9 Å². The molecule has 0 radical (unpaired) electrons. The first-order valence-electron chi connectivity index (χ1n) is 7.17. The first-order chi connectivity index (χ1) is 11.9. The van der Waals surface area contributed by atoms with E-state index in [1.54, 1.807) is 24.3 Å². The number of nitrogens with zero attached hydrogens (tertiary/aromatic N) is 1. The normalized spacial score (nSPS) is 18.8. The molecular formula is C17H11BrN2O5. The van der Waals surface area contributed by atoms with Crippen LogP contribution < -0.4 is 5.32 Å². The summed E-state index contributed by atoms with van der Waals surface area (Å²) in [5, 5.41) is 23.8. The highest BCUT2D eigenvalue weighted by Gasteiger charge is 2.39. The van der Waals surface area contributed by atoms with Crippen molar-refractivity contribution in [2.75, 3.05) is 0 Å². The van der Waals surface area contributed by atoms with Crippen molar-refractivity contribution in [1.82, 2.24) is 5.32 Å². The number of nitrogens with one attached hydrogen (secondary N) is 1. The molecule has 7 nitrogen and oxygen atoms in total. The molecule has 1 amide bonds. The number of benzene rings is 2. The molecule has 25 heavy (non-hydrogen) atoms. The third-order valence-corrected chi connectivity index (χ3v) is 4.35. The van der Waals surface area contributed by atoms with Gasteiger partial charge in [0.15, 0.2) is 0 Å². The van der Waals surface area contributed by atoms with E-state index in [0.29, 0.717) is 5.56 Å². The number of amides is 1. The number of aliphatic hydroxyl groups is 1. The van der Waals surface area contributed by atoms with Crippen LogP contribution in [0.3, 0.4) is 0 Å². The maximum absolute atomic E-state index is 12.2. The van der Waals surface area contributed by atoms with Gasteiger partial charge in [0.05, 0.1) is 16.5 Å². The average molecular weight is 403 g/mol. The number of halogens is 1. The molecule has 2 aromatic carbocycles. The Morgan fingerprint density at radius 2 is 1.68 bits per heavy atom. The highest BCUT2D eigenvalue weighted by atomic mass is 79.9. The van der Waals surface area contributed by atoms with Crippen LogP contribution in [0.25, 0.3) is 5.76 Å². The Morgan fingerprint density at radius 3 is 2.24 bits per heavy atom. The molecule has 0 aromatic heterocycles. The van der Waals surface area contributed by atoms with Crippen molar-refractivity contribution in [2.24, 2.45) is 0 Å². The van der Waals surface area contributed by atoms with Gasteiger partial charge in [-0.25, -0.2) is 0 Å². The fraction of sp³-hybridized carbons (Fsp3) is 0.0588. The van der Waals surface area contributed by atoms with E-state index in [0.717, 1.165) is 4.47 Å². The number of non-ortho nitro benzene ring substituents is 1. The Kier molecular flexibility index (Phi) is 4.37. The molecule has 1 aliphatic rings. The van der Waals surface area contributed by atoms with Crippen molar-refractivity contribution in [2.45, 2.75) is 6.04 Å². The zero-order valence-electron chi connectivity index (χ0n) is 12.6. The molecule has 1 aliphatic heterocycles. The second kappa shape index (κ2) is 6.48. The van der Waals surface area contributed by atoms with Crippen LogP contribution in [0.2, 0.25) is 0 Å². The van der Waals surface area contributed by atoms with Gasteiger partial charge in [0, 0.05) is 22.2 Å². The summed E-state index contributed by atoms with van der Waals surface area (Å²) >= 11 is 3.31. The number of aliphatic hydroxyl groups excluding tert-OH is 1. The third-order valence-electron chi connectivity index (χ3n) is 3.82. The molecule has 0 bridgehead atoms. The van der Waals surface area contributed by atoms with Crippen LogP contribution in [0.1, 0.15) is 17.2 Å². The summed E-state index contributed by atoms with van der Waals surface area (Å²) in [5.41, 5.74) is 0.623. The first-order valence-corrected chi connectivity index (χ1v) is 7.96. The van der Waals surface area contributed by atoms with Gasteiger partial charge in [-0.15, -0.1) is 0 Å². The van der Waals surface area contributed by atoms with Gasteiger partial charge in [-0.3, -0.25) is 19.7 Å². The van der Waals surface area contributed by atoms with Gasteiger partial charge in [0.1, 0.15) is 5.76 Å². The predicted octanol–water partition coefficient (Wildman–Crippen LogP) is 3.07. The molecule has 0 saturated carbocycles. The number of hydrogen-bond acceptors (Lipinski definition) is 5. The van der Waals surface area contributed by atoms with Crippen LogP contribution in [0.4, 0.5) is 5.69 Å². The van der Waals surface area contributed by atoms with Crippen LogP contribution in [0.15, 0.2) is 58.6 Å². The lowest BCUT2D eigenvalue weighted by Gasteiger charge is -2.13. The minimum Gasteiger partial charge on any atom is -0.507 e. The molecule has 0 aliphatic carbocycles. The minimum absolute atomic E-state index is 0.0822. The topological polar surface area (TPSA) is 110 Å². The molecule has 126 valence electrons. The van der Waals surface area contributed by atoms with Gasteiger partial charge >= 0.3 is 0 Å². The highest BCUT2D eigenvalue weighted by molar-refractivity contribution is 9.10. The van der Waals surface area contributed by atoms with Gasteiger partial charge in [0.25, 0.3) is 17.4 Å². The summed E-state index contributed by atoms with van der Waals surface area (Å²) in [7, 11) is 0. The Bertz CT molecular complexity index is 904. The molecule has 1 atom stereocenters. The summed E-state index contributed by atoms with van der Waals surface area (Å²) < 4.78 is 0.831. The van der Waals surface area contributed by atoms with E-state index < -0.39 is 22.7 Å². The second-order valence-corrected chi connectivity index (χ2v) is 6.27. The van der Waals surface area contributed by atoms with E-state index in [9.17, 15) is 24.8 Å². The van der Waals surface area contributed by atoms with Crippen molar-refractivity contribution in [3.05, 3.63) is 79.8 Å². The molecular weight excluding hydrogens is 392 g/mol. The van der Waals surface area contributed by atoms with Crippen molar-refractivity contribution in [3.63, 3.8) is 0 Å². The van der Waals surface area contributed by atoms with Crippen LogP contribution in [0.5, 0.6) is 0 Å². The lowest BCUT2D eigenvalue weighted by molar-refractivity contribution is -0.384. The largest absolute Gasteiger partial charge is 0.507 e. The van der Waals surface area contributed by atoms with Gasteiger partial charge in [-0.05, 0) is 29.8 Å². The van der Waals surface area contributed by atoms with E-state index >= 15 is 0 Å². The quantitative estimate of drug-likeness (QED) is 0.269. The van der Waals surface area contributed by atoms with E-state index in [-0.39, 0.29) is 22.6 Å². The number of carbonyl (C=O) groups excluding carboxylic acids is 2. The first kappa shape index (κ1) is 16.8. The molecule has 8 heteroatoms. The number of Topliss-reactive ketones (excluding diaryl/α,β-unsaturated/α-hetero) is 1. The molecule has 0 unspecified atom stereocenters. The number of hydrogen-bond donors (Lipinski definition) is 2. The molecule has 1 fully saturated rings. The number of nitro benzene ring substituents is 1. The zero-order valence-corrected chi connectivity index (χ0v) is 14.2. The standard InChI is InChI=1S/C17H11BrN2O5/c18-11-5-1-9(2-6-11)14-13(16(22)17(23)19-14)15(21)10-3-7-12(8-4-10)20(24)25/h1-8,14,21H,(H,19,23)/b15-13+/t14-/m1/s1. The second-order valence-electron chi connectivity index (χ2n) is 5.35. The van der Waals surface area contributed by atoms with Crippen LogP contribution in [-0.2, 0) is 9.59 Å². The Morgan fingerprint density at radius 1 is 1.08 bits per heavy atom. The summed E-state index contributed by atoms with van der Waals surface area (Å²) in [6, 6.07) is 11.3. The molecule has 2 N–H and O–H groups in total. The smallest absolute Gasteiger partial charge is 0.293 e. The monoisotopic (exact) mass is 402 g/mol. The molecule has 2 aromatic rings. The predicted molar refractivity (Wildman–Crippen MR) is 92.7 cm³/mol. The maximum Gasteiger partial charge on any atom is 0.293 e. The fourth-order valence-electron chi connectivity index (χ4n) is 2.57. The van der Waals surface area contributed by atoms with Crippen molar-refractivity contribution in [1.29, 1.82) is 0 Å². The molecule has 0 spiro atoms. The van der Waals surface area contributed by atoms with E-state index in [1.807, 2.05) is 0 Å². The summed E-state index contributed by atoms with van der Waals surface area (Å²) in [6.07, 6.45) is 0. The molecule has 1 saturated heterocycles. The molecule has 3 rings (SSSR count). The van der Waals surface area contributed by atoms with Gasteiger partial charge in [-0.1, -0.05) is 28.1 Å². The maximum atomic E-state index is 12.2. The van der Waals surface area contributed by atoms with E-state index in [2.05, 4.69) is 21.2 Å². The molecule has 1 heterocycles. The third kappa shape index (κ3) is 3.16. The van der Waals surface area contributed by atoms with Gasteiger partial charge in [0.2, 0.25) is 0 Å². The lowest BCUT2D eigenvalue weighted by Crippen LogP contribution is -2.21. The Balaban J connectivity index is 2.07. The Hall–Kier alpha value is -3.00. The minimum atomic E-state index is -0.830. The number of nitro groups is 1. The number of ketones is 1. The summed E-state index contributed by atoms with van der Waals surface area (Å²) in [5.74, 6) is -2.02. The van der Waals surface area contributed by atoms with Gasteiger partial charge in [-0.2, -0.15) is 0 Å². The highest BCUT2D eigenvalue weighted by Crippen LogP contribution is 2.33. The Labute approximate surface area is 150 Å². The summed E-state index contributed by atoms with van der Waals surface area (Å²) in [4.78, 5) is 34.2. The zero-order chi connectivity index (χ0) is 18.1. The van der Waals surface area contributed by atoms with E-state index in [1.165, 1.54) is 24.3 Å².